The van der Waals surface area contributed by atoms with E-state index in [4.69, 9.17) is 0 Å². The first-order valence-corrected chi connectivity index (χ1v) is 7.75. The lowest BCUT2D eigenvalue weighted by Crippen LogP contribution is -2.38. The quantitative estimate of drug-likeness (QED) is 0.946. The summed E-state index contributed by atoms with van der Waals surface area (Å²) in [7, 11) is 0. The lowest BCUT2D eigenvalue weighted by atomic mass is 9.88. The standard InChI is InChI=1S/C17H22N4O/c1-12(2)21-10-7-17(3,11-21)16(22)20-15-14-13(6-9-19-15)5-4-8-18-14/h4-6,8-9,12H,7,10-11H2,1-3H3,(H,19,20,22). The van der Waals surface area contributed by atoms with Crippen LogP contribution in [0.3, 0.4) is 0 Å². The number of anilines is 1. The molecule has 1 saturated heterocycles. The number of carbonyl (C=O) groups is 1. The number of carbonyl (C=O) groups excluding carboxylic acids is 1. The van der Waals surface area contributed by atoms with Crippen LogP contribution in [0.5, 0.6) is 0 Å². The summed E-state index contributed by atoms with van der Waals surface area (Å²) in [5.74, 6) is 0.577. The van der Waals surface area contributed by atoms with Gasteiger partial charge in [-0.15, -0.1) is 0 Å². The Hall–Kier alpha value is -2.01. The summed E-state index contributed by atoms with van der Waals surface area (Å²) in [5, 5.41) is 3.97. The zero-order chi connectivity index (χ0) is 15.7. The van der Waals surface area contributed by atoms with Gasteiger partial charge in [0.05, 0.1) is 5.41 Å². The molecule has 3 heterocycles. The minimum Gasteiger partial charge on any atom is -0.308 e. The first-order chi connectivity index (χ1) is 10.5. The molecule has 1 atom stereocenters. The second-order valence-corrected chi connectivity index (χ2v) is 6.56. The normalized spacial score (nSPS) is 22.4. The van der Waals surface area contributed by atoms with E-state index in [9.17, 15) is 4.79 Å². The number of hydrogen-bond donors (Lipinski definition) is 1. The number of hydrogen-bond acceptors (Lipinski definition) is 4. The second-order valence-electron chi connectivity index (χ2n) is 6.56. The van der Waals surface area contributed by atoms with Crippen LogP contribution in [0.25, 0.3) is 10.9 Å². The minimum absolute atomic E-state index is 0.0290. The molecule has 0 aliphatic carbocycles. The highest BCUT2D eigenvalue weighted by molar-refractivity contribution is 6.01. The number of fused-ring (bicyclic) bond motifs is 1. The lowest BCUT2D eigenvalue weighted by molar-refractivity contribution is -0.124. The van der Waals surface area contributed by atoms with Crippen molar-refractivity contribution in [2.45, 2.75) is 33.2 Å². The molecule has 22 heavy (non-hydrogen) atoms. The van der Waals surface area contributed by atoms with Crippen molar-refractivity contribution < 1.29 is 4.79 Å². The van der Waals surface area contributed by atoms with Crippen LogP contribution in [0.1, 0.15) is 27.2 Å². The molecule has 2 aromatic rings. The molecular formula is C17H22N4O. The average Bonchev–Trinajstić information content (AvgIpc) is 2.92. The molecule has 5 nitrogen and oxygen atoms in total. The summed E-state index contributed by atoms with van der Waals surface area (Å²) in [6, 6.07) is 6.21. The zero-order valence-corrected chi connectivity index (χ0v) is 13.3. The lowest BCUT2D eigenvalue weighted by Gasteiger charge is -2.25. The van der Waals surface area contributed by atoms with Gasteiger partial charge in [0.15, 0.2) is 5.82 Å². The van der Waals surface area contributed by atoms with E-state index in [2.05, 4.69) is 34.0 Å². The maximum Gasteiger partial charge on any atom is 0.232 e. The maximum absolute atomic E-state index is 12.7. The van der Waals surface area contributed by atoms with Crippen LogP contribution >= 0.6 is 0 Å². The number of likely N-dealkylation sites (tertiary alicyclic amines) is 1. The van der Waals surface area contributed by atoms with Gasteiger partial charge in [0.1, 0.15) is 5.52 Å². The Morgan fingerprint density at radius 2 is 2.14 bits per heavy atom. The van der Waals surface area contributed by atoms with E-state index in [1.165, 1.54) is 0 Å². The van der Waals surface area contributed by atoms with Crippen LogP contribution in [0.4, 0.5) is 5.82 Å². The third-order valence-electron chi connectivity index (χ3n) is 4.53. The number of pyridine rings is 2. The molecule has 2 aromatic heterocycles. The second kappa shape index (κ2) is 5.65. The van der Waals surface area contributed by atoms with Gasteiger partial charge < -0.3 is 5.32 Å². The molecule has 0 spiro atoms. The fraction of sp³-hybridized carbons (Fsp3) is 0.471. The van der Waals surface area contributed by atoms with Crippen molar-refractivity contribution in [1.29, 1.82) is 0 Å². The highest BCUT2D eigenvalue weighted by atomic mass is 16.2. The first kappa shape index (κ1) is 14.9. The van der Waals surface area contributed by atoms with Crippen molar-refractivity contribution in [3.05, 3.63) is 30.6 Å². The average molecular weight is 298 g/mol. The maximum atomic E-state index is 12.7. The minimum atomic E-state index is -0.372. The van der Waals surface area contributed by atoms with Crippen molar-refractivity contribution >= 4 is 22.6 Å². The molecule has 5 heteroatoms. The summed E-state index contributed by atoms with van der Waals surface area (Å²) in [4.78, 5) is 23.7. The van der Waals surface area contributed by atoms with E-state index in [1.54, 1.807) is 12.4 Å². The van der Waals surface area contributed by atoms with E-state index in [-0.39, 0.29) is 11.3 Å². The molecule has 1 fully saturated rings. The molecule has 0 bridgehead atoms. The molecule has 0 radical (unpaired) electrons. The Bertz CT molecular complexity index is 695. The van der Waals surface area contributed by atoms with Gasteiger partial charge in [-0.3, -0.25) is 14.7 Å². The summed E-state index contributed by atoms with van der Waals surface area (Å²) in [6.07, 6.45) is 4.30. The van der Waals surface area contributed by atoms with Crippen LogP contribution in [-0.2, 0) is 4.79 Å². The number of aromatic nitrogens is 2. The highest BCUT2D eigenvalue weighted by Gasteiger charge is 2.41. The number of nitrogens with zero attached hydrogens (tertiary/aromatic N) is 3. The van der Waals surface area contributed by atoms with E-state index in [0.29, 0.717) is 11.9 Å². The SMILES string of the molecule is CC(C)N1CCC(C)(C(=O)Nc2nccc3cccnc23)C1. The van der Waals surface area contributed by atoms with Crippen LogP contribution in [0, 0.1) is 5.41 Å². The van der Waals surface area contributed by atoms with Gasteiger partial charge in [0.2, 0.25) is 5.91 Å². The molecule has 116 valence electrons. The van der Waals surface area contributed by atoms with Crippen LogP contribution in [-0.4, -0.2) is 39.9 Å². The third-order valence-corrected chi connectivity index (χ3v) is 4.53. The van der Waals surface area contributed by atoms with Gasteiger partial charge in [-0.05, 0) is 45.9 Å². The summed E-state index contributed by atoms with van der Waals surface area (Å²) >= 11 is 0. The Labute approximate surface area is 130 Å². The molecule has 1 aliphatic heterocycles. The first-order valence-electron chi connectivity index (χ1n) is 7.75. The van der Waals surface area contributed by atoms with E-state index >= 15 is 0 Å². The van der Waals surface area contributed by atoms with Gasteiger partial charge in [-0.1, -0.05) is 6.07 Å². The summed E-state index contributed by atoms with van der Waals surface area (Å²) in [5.41, 5.74) is 0.365. The zero-order valence-electron chi connectivity index (χ0n) is 13.3. The van der Waals surface area contributed by atoms with Crippen molar-refractivity contribution in [3.63, 3.8) is 0 Å². The topological polar surface area (TPSA) is 58.1 Å². The Balaban J connectivity index is 1.82. The Kier molecular flexibility index (Phi) is 3.83. The van der Waals surface area contributed by atoms with Crippen LogP contribution in [0.15, 0.2) is 30.6 Å². The largest absolute Gasteiger partial charge is 0.308 e. The summed E-state index contributed by atoms with van der Waals surface area (Å²) in [6.45, 7) is 8.11. The van der Waals surface area contributed by atoms with Crippen molar-refractivity contribution in [1.82, 2.24) is 14.9 Å². The van der Waals surface area contributed by atoms with E-state index in [0.717, 1.165) is 30.4 Å². The molecular weight excluding hydrogens is 276 g/mol. The molecule has 1 N–H and O–H groups in total. The van der Waals surface area contributed by atoms with E-state index < -0.39 is 0 Å². The third kappa shape index (κ3) is 2.68. The Morgan fingerprint density at radius 3 is 2.86 bits per heavy atom. The molecule has 1 aliphatic rings. The number of amides is 1. The van der Waals surface area contributed by atoms with Crippen LogP contribution in [0.2, 0.25) is 0 Å². The molecule has 0 aromatic carbocycles. The number of rotatable bonds is 3. The van der Waals surface area contributed by atoms with E-state index in [1.807, 2.05) is 25.1 Å². The summed E-state index contributed by atoms with van der Waals surface area (Å²) < 4.78 is 0. The monoisotopic (exact) mass is 298 g/mol. The smallest absolute Gasteiger partial charge is 0.232 e. The predicted molar refractivity (Wildman–Crippen MR) is 87.6 cm³/mol. The van der Waals surface area contributed by atoms with Crippen molar-refractivity contribution in [2.75, 3.05) is 18.4 Å². The molecule has 1 unspecified atom stereocenters. The fourth-order valence-corrected chi connectivity index (χ4v) is 2.98. The predicted octanol–water partition coefficient (Wildman–Crippen LogP) is 2.69. The van der Waals surface area contributed by atoms with Gasteiger partial charge in [-0.25, -0.2) is 4.98 Å². The van der Waals surface area contributed by atoms with Gasteiger partial charge in [-0.2, -0.15) is 0 Å². The highest BCUT2D eigenvalue weighted by Crippen LogP contribution is 2.32. The Morgan fingerprint density at radius 1 is 1.32 bits per heavy atom. The molecule has 0 saturated carbocycles. The van der Waals surface area contributed by atoms with Crippen molar-refractivity contribution in [3.8, 4) is 0 Å². The molecule has 3 rings (SSSR count). The van der Waals surface area contributed by atoms with Crippen molar-refractivity contribution in [2.24, 2.45) is 5.41 Å². The van der Waals surface area contributed by atoms with Gasteiger partial charge in [0, 0.05) is 30.4 Å². The van der Waals surface area contributed by atoms with Gasteiger partial charge in [0.25, 0.3) is 0 Å². The number of nitrogens with one attached hydrogen (secondary N) is 1. The fourth-order valence-electron chi connectivity index (χ4n) is 2.98. The van der Waals surface area contributed by atoms with Gasteiger partial charge >= 0.3 is 0 Å². The molecule has 1 amide bonds. The van der Waals surface area contributed by atoms with Crippen LogP contribution < -0.4 is 5.32 Å².